The van der Waals surface area contributed by atoms with Crippen molar-refractivity contribution in [2.45, 2.75) is 65.3 Å². The Morgan fingerprint density at radius 1 is 0.981 bits per heavy atom. The van der Waals surface area contributed by atoms with Crippen molar-refractivity contribution in [3.8, 4) is 5.75 Å². The summed E-state index contributed by atoms with van der Waals surface area (Å²) in [7, 11) is 2.01. The lowest BCUT2D eigenvalue weighted by atomic mass is 9.93. The number of anilines is 1. The fourth-order valence-corrected chi connectivity index (χ4v) is 4.63. The monoisotopic (exact) mass is 732 g/mol. The van der Waals surface area contributed by atoms with Gasteiger partial charge in [0.15, 0.2) is 0 Å². The minimum Gasteiger partial charge on any atom is -0.508 e. The number of allylic oxidation sites excluding steroid dienone is 1. The molecular weight excluding hydrogens is 669 g/mol. The number of amides is 2. The first-order valence-corrected chi connectivity index (χ1v) is 17.5. The maximum absolute atomic E-state index is 13.4. The summed E-state index contributed by atoms with van der Waals surface area (Å²) < 4.78 is 33.9. The zero-order valence-corrected chi connectivity index (χ0v) is 31.9. The molecule has 5 rings (SSSR count). The molecule has 9 nitrogen and oxygen atoms in total. The number of benzene rings is 2. The van der Waals surface area contributed by atoms with Crippen molar-refractivity contribution in [1.29, 1.82) is 0 Å². The van der Waals surface area contributed by atoms with Gasteiger partial charge in [0, 0.05) is 51.1 Å². The fourth-order valence-electron chi connectivity index (χ4n) is 4.63. The van der Waals surface area contributed by atoms with Crippen molar-refractivity contribution in [1.82, 2.24) is 20.0 Å². The number of halogens is 3. The predicted octanol–water partition coefficient (Wildman–Crippen LogP) is 8.80. The molecule has 2 amide bonds. The van der Waals surface area contributed by atoms with Gasteiger partial charge in [0.25, 0.3) is 0 Å². The topological polar surface area (TPSA) is 107 Å². The predicted molar refractivity (Wildman–Crippen MR) is 213 cm³/mol. The van der Waals surface area contributed by atoms with Crippen LogP contribution in [0.25, 0.3) is 0 Å². The molecule has 2 heterocycles. The van der Waals surface area contributed by atoms with Gasteiger partial charge in [-0.3, -0.25) is 14.8 Å². The van der Waals surface area contributed by atoms with Crippen LogP contribution in [0.15, 0.2) is 105 Å². The van der Waals surface area contributed by atoms with Crippen LogP contribution in [0.1, 0.15) is 63.7 Å². The number of phenolic OH excluding ortho intramolecular Hbond substituents is 1. The molecule has 2 aromatic carbocycles. The Morgan fingerprint density at radius 3 is 1.87 bits per heavy atom. The Morgan fingerprint density at radius 2 is 1.48 bits per heavy atom. The van der Waals surface area contributed by atoms with E-state index in [2.05, 4.69) is 48.1 Å². The molecule has 292 valence electrons. The van der Waals surface area contributed by atoms with Crippen molar-refractivity contribution in [2.24, 2.45) is 4.99 Å². The third-order valence-electron chi connectivity index (χ3n) is 7.14. The maximum Gasteiger partial charge on any atom is 0.379 e. The number of nitrogen functional groups attached to an aromatic ring is 1. The minimum atomic E-state index is -3.67. The quantitative estimate of drug-likeness (QED) is 0.142. The Balaban J connectivity index is 0. The van der Waals surface area contributed by atoms with E-state index >= 15 is 0 Å². The van der Waals surface area contributed by atoms with Crippen LogP contribution in [0.2, 0.25) is 0 Å². The van der Waals surface area contributed by atoms with Gasteiger partial charge in [-0.25, -0.2) is 4.79 Å². The normalized spacial score (nSPS) is 16.9. The van der Waals surface area contributed by atoms with Crippen molar-refractivity contribution in [3.63, 3.8) is 0 Å². The van der Waals surface area contributed by atoms with Gasteiger partial charge >= 0.3 is 12.7 Å². The van der Waals surface area contributed by atoms with Gasteiger partial charge in [-0.05, 0) is 69.1 Å². The molecule has 1 saturated heterocycles. The van der Waals surface area contributed by atoms with Gasteiger partial charge in [-0.15, -0.1) is 32.9 Å². The molecule has 0 spiro atoms. The molecule has 2 unspecified atom stereocenters. The molecule has 12 heteroatoms. The number of carbonyl (C=O) groups is 1. The van der Waals surface area contributed by atoms with Crippen LogP contribution >= 0.6 is 0 Å². The number of rotatable bonds is 8. The molecule has 2 aromatic rings. The van der Waals surface area contributed by atoms with Crippen molar-refractivity contribution >= 4 is 18.1 Å². The largest absolute Gasteiger partial charge is 0.508 e. The summed E-state index contributed by atoms with van der Waals surface area (Å²) in [6.45, 7) is 26.1. The van der Waals surface area contributed by atoms with E-state index < -0.39 is 6.68 Å². The third-order valence-corrected chi connectivity index (χ3v) is 7.14. The van der Waals surface area contributed by atoms with E-state index in [1.54, 1.807) is 35.5 Å². The van der Waals surface area contributed by atoms with Crippen molar-refractivity contribution in [3.05, 3.63) is 111 Å². The van der Waals surface area contributed by atoms with Gasteiger partial charge in [-0.1, -0.05) is 56.3 Å². The van der Waals surface area contributed by atoms with E-state index in [9.17, 15) is 23.1 Å². The molecule has 0 aromatic heterocycles. The summed E-state index contributed by atoms with van der Waals surface area (Å²) >= 11 is 0. The number of phenols is 1. The number of aromatic hydroxyl groups is 1. The van der Waals surface area contributed by atoms with Crippen LogP contribution in [0.3, 0.4) is 0 Å². The number of ether oxygens (including phenoxy) is 1. The lowest BCUT2D eigenvalue weighted by Crippen LogP contribution is -2.52. The van der Waals surface area contributed by atoms with Crippen molar-refractivity contribution < 1.29 is 27.8 Å². The number of nitrogens with two attached hydrogens (primary N) is 1. The van der Waals surface area contributed by atoms with E-state index in [-0.39, 0.29) is 23.9 Å². The number of piperazine rings is 1. The molecular formula is C40H63F3N6O3. The summed E-state index contributed by atoms with van der Waals surface area (Å²) in [5.41, 5.74) is 8.47. The van der Waals surface area contributed by atoms with Crippen LogP contribution in [-0.2, 0) is 4.74 Å². The first kappa shape index (κ1) is 49.7. The van der Waals surface area contributed by atoms with E-state index in [0.717, 1.165) is 43.4 Å². The molecule has 2 atom stereocenters. The second-order valence-corrected chi connectivity index (χ2v) is 10.8. The second kappa shape index (κ2) is 31.4. The summed E-state index contributed by atoms with van der Waals surface area (Å²) in [4.78, 5) is 24.0. The van der Waals surface area contributed by atoms with E-state index in [1.807, 2.05) is 82.1 Å². The van der Waals surface area contributed by atoms with Gasteiger partial charge < -0.3 is 25.8 Å². The smallest absolute Gasteiger partial charge is 0.379 e. The van der Waals surface area contributed by atoms with Crippen LogP contribution in [-0.4, -0.2) is 97.9 Å². The maximum atomic E-state index is 13.4. The Kier molecular flexibility index (Phi) is 30.0. The van der Waals surface area contributed by atoms with E-state index in [0.29, 0.717) is 25.4 Å². The van der Waals surface area contributed by atoms with Gasteiger partial charge in [0.1, 0.15) is 11.8 Å². The number of nitrogens with zero attached hydrogens (tertiary/aromatic N) is 4. The number of aliphatic imine (C=N–C) groups is 1. The average Bonchev–Trinajstić information content (AvgIpc) is 3.91. The lowest BCUT2D eigenvalue weighted by Gasteiger charge is -2.37. The Labute approximate surface area is 311 Å². The highest BCUT2D eigenvalue weighted by Gasteiger charge is 2.39. The molecule has 52 heavy (non-hydrogen) atoms. The van der Waals surface area contributed by atoms with Gasteiger partial charge in [-0.2, -0.15) is 13.2 Å². The number of carbonyl (C=O) groups excluding carboxylic acids is 1. The molecule has 1 aliphatic carbocycles. The number of alkyl halides is 3. The van der Waals surface area contributed by atoms with Crippen LogP contribution in [0, 0.1) is 0 Å². The second-order valence-electron chi connectivity index (χ2n) is 10.8. The molecule has 0 radical (unpaired) electrons. The van der Waals surface area contributed by atoms with Gasteiger partial charge in [0.2, 0.25) is 0 Å². The van der Waals surface area contributed by atoms with E-state index in [4.69, 9.17) is 10.5 Å². The molecule has 3 aliphatic rings. The highest BCUT2D eigenvalue weighted by atomic mass is 19.4. The molecule has 2 fully saturated rings. The SMILES string of the molecule is C=C.C=CC.C=CCN1CCN(C(=O)N2C=NC(c3ccc(O)cc3)C2c2ccc(N)cc2)CC1.C=CCOCC.CC.CNC1CC1.FC(F)F. The Hall–Kier alpha value is -4.39. The lowest BCUT2D eigenvalue weighted by molar-refractivity contribution is 0.00818. The summed E-state index contributed by atoms with van der Waals surface area (Å²) in [5, 5.41) is 12.8. The number of urea groups is 1. The number of nitrogens with one attached hydrogen (secondary N) is 1. The average molecular weight is 733 g/mol. The van der Waals surface area contributed by atoms with Gasteiger partial charge in [0.05, 0.1) is 19.0 Å². The first-order valence-electron chi connectivity index (χ1n) is 17.5. The fraction of sp³-hybridized carbons (Fsp3) is 0.450. The zero-order chi connectivity index (χ0) is 39.9. The number of hydrogen-bond acceptors (Lipinski definition) is 7. The standard InChI is InChI=1S/C23H27N5O2.C5H10O.C4H9N.C3H6.C2H6.C2H4.CHF3/c1-2-11-26-12-14-27(15-13-26)23(30)28-16-25-21(17-5-9-20(29)10-6-17)22(28)18-3-7-19(24)8-4-18;1-3-5-6-4-2;1-5-4-2-3-4;1-3-2;2*1-2;2-1(3)4/h2-10,16,21-22,29H,1,11-15,24H2;3H,1,4-5H2,2H3;4-5H,2-3H2,1H3;3H,1H2,2H3;1-2H3;1-2H2;1H. The molecule has 0 bridgehead atoms. The Bertz CT molecular complexity index is 1230. The molecule has 2 aliphatic heterocycles. The van der Waals surface area contributed by atoms with Crippen LogP contribution in [0.4, 0.5) is 23.7 Å². The highest BCUT2D eigenvalue weighted by Crippen LogP contribution is 2.41. The summed E-state index contributed by atoms with van der Waals surface area (Å²) in [5.74, 6) is 0.204. The molecule has 1 saturated carbocycles. The van der Waals surface area contributed by atoms with Crippen LogP contribution in [0.5, 0.6) is 5.75 Å². The summed E-state index contributed by atoms with van der Waals surface area (Å²) in [6.07, 6.45) is 9.83. The summed E-state index contributed by atoms with van der Waals surface area (Å²) in [6, 6.07) is 14.9. The highest BCUT2D eigenvalue weighted by molar-refractivity contribution is 5.88. The molecule has 4 N–H and O–H groups in total. The van der Waals surface area contributed by atoms with Crippen molar-refractivity contribution in [2.75, 3.05) is 58.7 Å². The minimum absolute atomic E-state index is 0.0416. The number of hydrogen-bond donors (Lipinski definition) is 3. The first-order chi connectivity index (χ1) is 25.1. The van der Waals surface area contributed by atoms with E-state index in [1.165, 1.54) is 12.8 Å². The zero-order valence-electron chi connectivity index (χ0n) is 31.9. The van der Waals surface area contributed by atoms with Crippen LogP contribution < -0.4 is 11.1 Å². The third kappa shape index (κ3) is 21.1.